The van der Waals surface area contributed by atoms with Crippen LogP contribution in [0.5, 0.6) is 0 Å². The molecule has 18 heavy (non-hydrogen) atoms. The Hall–Kier alpha value is -1.14. The number of amides is 1. The minimum atomic E-state index is -1.28. The quantitative estimate of drug-likeness (QED) is 0.746. The van der Waals surface area contributed by atoms with Crippen LogP contribution in [0, 0.1) is 0 Å². The smallest absolute Gasteiger partial charge is 0.413 e. The predicted octanol–water partition coefficient (Wildman–Crippen LogP) is 0.918. The van der Waals surface area contributed by atoms with Crippen molar-refractivity contribution in [1.82, 2.24) is 4.90 Å². The summed E-state index contributed by atoms with van der Waals surface area (Å²) in [7, 11) is 0. The van der Waals surface area contributed by atoms with E-state index >= 15 is 0 Å². The molecule has 1 amide bonds. The van der Waals surface area contributed by atoms with Gasteiger partial charge in [0.05, 0.1) is 12.6 Å². The van der Waals surface area contributed by atoms with Gasteiger partial charge in [-0.1, -0.05) is 0 Å². The Labute approximate surface area is 107 Å². The second kappa shape index (κ2) is 4.85. The average molecular weight is 259 g/mol. The van der Waals surface area contributed by atoms with Gasteiger partial charge in [0.25, 0.3) is 0 Å². The van der Waals surface area contributed by atoms with Crippen molar-refractivity contribution in [2.24, 2.45) is 0 Å². The molecule has 0 aromatic carbocycles. The third kappa shape index (κ3) is 3.20. The molecule has 1 heterocycles. The molecule has 2 atom stereocenters. The van der Waals surface area contributed by atoms with Gasteiger partial charge >= 0.3 is 6.09 Å². The number of hydrogen-bond donors (Lipinski definition) is 1. The van der Waals surface area contributed by atoms with Crippen molar-refractivity contribution in [1.29, 1.82) is 0 Å². The fourth-order valence-electron chi connectivity index (χ4n) is 1.84. The summed E-state index contributed by atoms with van der Waals surface area (Å²) >= 11 is 0. The lowest BCUT2D eigenvalue weighted by atomic mass is 10.1. The van der Waals surface area contributed by atoms with Crippen LogP contribution in [-0.4, -0.2) is 52.5 Å². The Morgan fingerprint density at radius 2 is 2.11 bits per heavy atom. The van der Waals surface area contributed by atoms with E-state index in [0.717, 1.165) is 0 Å². The van der Waals surface area contributed by atoms with Crippen molar-refractivity contribution >= 4 is 12.4 Å². The van der Waals surface area contributed by atoms with Crippen LogP contribution in [-0.2, 0) is 14.3 Å². The van der Waals surface area contributed by atoms with Crippen molar-refractivity contribution in [2.75, 3.05) is 6.61 Å². The molecule has 0 bridgehead atoms. The largest absolute Gasteiger partial charge is 0.444 e. The van der Waals surface area contributed by atoms with Crippen LogP contribution < -0.4 is 0 Å². The van der Waals surface area contributed by atoms with Crippen LogP contribution in [0.25, 0.3) is 0 Å². The standard InChI is InChI=1S/C12H21NO5/c1-11(2,3)18-10(16)13-8(9(15)6-14)7-17-12(13,4)5/h6,8-9,15H,7H2,1-5H3/t8-,9+/m0/s1. The van der Waals surface area contributed by atoms with E-state index in [4.69, 9.17) is 9.47 Å². The molecule has 0 spiro atoms. The van der Waals surface area contributed by atoms with Crippen LogP contribution in [0.3, 0.4) is 0 Å². The zero-order chi connectivity index (χ0) is 14.1. The van der Waals surface area contributed by atoms with E-state index in [-0.39, 0.29) is 6.61 Å². The molecule has 104 valence electrons. The summed E-state index contributed by atoms with van der Waals surface area (Å²) in [6.07, 6.45) is -1.48. The molecule has 0 aromatic heterocycles. The maximum Gasteiger partial charge on any atom is 0.413 e. The molecule has 0 radical (unpaired) electrons. The molecule has 1 aliphatic rings. The Kier molecular flexibility index (Phi) is 4.02. The van der Waals surface area contributed by atoms with Gasteiger partial charge in [-0.3, -0.25) is 4.90 Å². The van der Waals surface area contributed by atoms with Crippen molar-refractivity contribution < 1.29 is 24.2 Å². The molecule has 0 aliphatic carbocycles. The highest BCUT2D eigenvalue weighted by Gasteiger charge is 2.48. The third-order valence-electron chi connectivity index (χ3n) is 2.64. The second-order valence-corrected chi connectivity index (χ2v) is 5.80. The number of carbonyl (C=O) groups excluding carboxylic acids is 2. The summed E-state index contributed by atoms with van der Waals surface area (Å²) in [6.45, 7) is 8.73. The van der Waals surface area contributed by atoms with E-state index in [1.54, 1.807) is 34.6 Å². The first-order valence-corrected chi connectivity index (χ1v) is 5.88. The van der Waals surface area contributed by atoms with Gasteiger partial charge in [-0.2, -0.15) is 0 Å². The van der Waals surface area contributed by atoms with Crippen molar-refractivity contribution in [3.8, 4) is 0 Å². The molecule has 1 N–H and O–H groups in total. The van der Waals surface area contributed by atoms with Gasteiger partial charge in [0.2, 0.25) is 0 Å². The van der Waals surface area contributed by atoms with Gasteiger partial charge in [-0.25, -0.2) is 4.79 Å². The first-order valence-electron chi connectivity index (χ1n) is 5.88. The lowest BCUT2D eigenvalue weighted by Gasteiger charge is -2.35. The van der Waals surface area contributed by atoms with Crippen LogP contribution >= 0.6 is 0 Å². The van der Waals surface area contributed by atoms with Crippen molar-refractivity contribution in [3.63, 3.8) is 0 Å². The number of aliphatic hydroxyl groups excluding tert-OH is 1. The van der Waals surface area contributed by atoms with E-state index < -0.39 is 29.6 Å². The number of aldehydes is 1. The summed E-state index contributed by atoms with van der Waals surface area (Å²) in [6, 6.07) is -0.715. The highest BCUT2D eigenvalue weighted by Crippen LogP contribution is 2.30. The maximum absolute atomic E-state index is 12.1. The monoisotopic (exact) mass is 259 g/mol. The van der Waals surface area contributed by atoms with Crippen LogP contribution in [0.1, 0.15) is 34.6 Å². The third-order valence-corrected chi connectivity index (χ3v) is 2.64. The molecule has 1 saturated heterocycles. The zero-order valence-corrected chi connectivity index (χ0v) is 11.5. The van der Waals surface area contributed by atoms with Gasteiger partial charge in [-0.15, -0.1) is 0 Å². The van der Waals surface area contributed by atoms with Crippen molar-refractivity contribution in [2.45, 2.75) is 58.1 Å². The summed E-state index contributed by atoms with van der Waals surface area (Å²) < 4.78 is 10.7. The second-order valence-electron chi connectivity index (χ2n) is 5.80. The molecule has 0 aromatic rings. The van der Waals surface area contributed by atoms with E-state index in [1.807, 2.05) is 0 Å². The number of ether oxygens (including phenoxy) is 2. The molecule has 1 aliphatic heterocycles. The highest BCUT2D eigenvalue weighted by atomic mass is 16.6. The summed E-state index contributed by atoms with van der Waals surface area (Å²) in [4.78, 5) is 24.1. The number of hydrogen-bond acceptors (Lipinski definition) is 5. The summed E-state index contributed by atoms with van der Waals surface area (Å²) in [5.41, 5.74) is -1.55. The minimum absolute atomic E-state index is 0.103. The molecule has 0 saturated carbocycles. The molecule has 1 rings (SSSR count). The zero-order valence-electron chi connectivity index (χ0n) is 11.5. The van der Waals surface area contributed by atoms with Crippen LogP contribution in [0.2, 0.25) is 0 Å². The number of rotatable bonds is 2. The Morgan fingerprint density at radius 3 is 2.56 bits per heavy atom. The number of carbonyl (C=O) groups is 2. The normalized spacial score (nSPS) is 24.8. The minimum Gasteiger partial charge on any atom is -0.444 e. The summed E-state index contributed by atoms with van der Waals surface area (Å²) in [5.74, 6) is 0. The van der Waals surface area contributed by atoms with Crippen molar-refractivity contribution in [3.05, 3.63) is 0 Å². The van der Waals surface area contributed by atoms with Gasteiger partial charge in [0, 0.05) is 0 Å². The maximum atomic E-state index is 12.1. The van der Waals surface area contributed by atoms with Crippen LogP contribution in [0.4, 0.5) is 4.79 Å². The summed E-state index contributed by atoms with van der Waals surface area (Å²) in [5, 5.41) is 9.61. The van der Waals surface area contributed by atoms with Gasteiger partial charge in [-0.05, 0) is 34.6 Å². The Bertz CT molecular complexity index is 334. The van der Waals surface area contributed by atoms with E-state index in [1.165, 1.54) is 4.90 Å². The first kappa shape index (κ1) is 14.9. The Balaban J connectivity index is 2.92. The van der Waals surface area contributed by atoms with Gasteiger partial charge in [0.15, 0.2) is 6.29 Å². The van der Waals surface area contributed by atoms with Gasteiger partial charge in [0.1, 0.15) is 17.4 Å². The molecular formula is C12H21NO5. The lowest BCUT2D eigenvalue weighted by molar-refractivity contribution is -0.118. The lowest BCUT2D eigenvalue weighted by Crippen LogP contribution is -2.53. The van der Waals surface area contributed by atoms with E-state index in [2.05, 4.69) is 0 Å². The Morgan fingerprint density at radius 1 is 1.56 bits per heavy atom. The number of nitrogens with zero attached hydrogens (tertiary/aromatic N) is 1. The topological polar surface area (TPSA) is 76.1 Å². The average Bonchev–Trinajstić information content (AvgIpc) is 2.50. The molecular weight excluding hydrogens is 238 g/mol. The molecule has 0 unspecified atom stereocenters. The molecule has 1 fully saturated rings. The SMILES string of the molecule is CC(C)(C)OC(=O)N1[C@H]([C@H](O)C=O)COC1(C)C. The van der Waals surface area contributed by atoms with E-state index in [0.29, 0.717) is 6.29 Å². The first-order chi connectivity index (χ1) is 8.08. The van der Waals surface area contributed by atoms with E-state index in [9.17, 15) is 14.7 Å². The fraction of sp³-hybridized carbons (Fsp3) is 0.833. The highest BCUT2D eigenvalue weighted by molar-refractivity contribution is 5.71. The molecule has 6 nitrogen and oxygen atoms in total. The van der Waals surface area contributed by atoms with Crippen LogP contribution in [0.15, 0.2) is 0 Å². The van der Waals surface area contributed by atoms with Gasteiger partial charge < -0.3 is 19.4 Å². The fourth-order valence-corrected chi connectivity index (χ4v) is 1.84. The number of aliphatic hydroxyl groups is 1. The predicted molar refractivity (Wildman–Crippen MR) is 64.0 cm³/mol. The molecule has 6 heteroatoms.